The summed E-state index contributed by atoms with van der Waals surface area (Å²) in [4.78, 5) is 67.0. The quantitative estimate of drug-likeness (QED) is 0.0282. The lowest BCUT2D eigenvalue weighted by Crippen LogP contribution is -2.82. The Morgan fingerprint density at radius 3 is 1.98 bits per heavy atom. The number of aryl methyl sites for hydroxylation is 1. The Kier molecular flexibility index (Phi) is 17.1. The average molecular weight is 881 g/mol. The highest BCUT2D eigenvalue weighted by atomic mass is 16.7. The lowest BCUT2D eigenvalue weighted by Gasteiger charge is -2.62. The van der Waals surface area contributed by atoms with E-state index in [1.165, 1.54) is 5.56 Å². The topological polar surface area (TPSA) is 404 Å². The van der Waals surface area contributed by atoms with Gasteiger partial charge in [-0.2, -0.15) is 0 Å². The minimum atomic E-state index is -1.96. The number of amides is 5. The molecule has 5 amide bonds. The van der Waals surface area contributed by atoms with Crippen LogP contribution in [0.15, 0.2) is 48.5 Å². The largest absolute Gasteiger partial charge is 0.498 e. The van der Waals surface area contributed by atoms with Crippen molar-refractivity contribution in [1.82, 2.24) is 31.9 Å². The van der Waals surface area contributed by atoms with E-state index < -0.39 is 90.7 Å². The van der Waals surface area contributed by atoms with E-state index in [2.05, 4.69) is 31.9 Å². The summed E-state index contributed by atoms with van der Waals surface area (Å²) >= 11 is 0. The predicted molar refractivity (Wildman–Crippen MR) is 234 cm³/mol. The van der Waals surface area contributed by atoms with Crippen molar-refractivity contribution in [2.75, 3.05) is 26.7 Å². The summed E-state index contributed by atoms with van der Waals surface area (Å²) in [5.74, 6) is -4.64. The number of hydrogen-bond acceptors (Lipinski definition) is 17. The zero-order chi connectivity index (χ0) is 46.1. The third-order valence-electron chi connectivity index (χ3n) is 12.1. The molecule has 22 nitrogen and oxygen atoms in total. The van der Waals surface area contributed by atoms with Crippen LogP contribution in [-0.2, 0) is 34.9 Å². The van der Waals surface area contributed by atoms with E-state index in [-0.39, 0.29) is 36.8 Å². The fourth-order valence-electron chi connectivity index (χ4n) is 8.24. The maximum absolute atomic E-state index is 13.5. The van der Waals surface area contributed by atoms with Gasteiger partial charge in [0.25, 0.3) is 11.8 Å². The second-order valence-electron chi connectivity index (χ2n) is 16.6. The van der Waals surface area contributed by atoms with Crippen LogP contribution in [0.5, 0.6) is 0 Å². The lowest BCUT2D eigenvalue weighted by molar-refractivity contribution is -0.175. The number of aliphatic hydroxyl groups excluding tert-OH is 1. The summed E-state index contributed by atoms with van der Waals surface area (Å²) in [7, 11) is 0.510. The van der Waals surface area contributed by atoms with E-state index in [1.807, 2.05) is 24.3 Å². The van der Waals surface area contributed by atoms with E-state index in [1.54, 1.807) is 31.3 Å². The molecule has 2 aromatic rings. The van der Waals surface area contributed by atoms with Crippen LogP contribution in [-0.4, -0.2) is 123 Å². The van der Waals surface area contributed by atoms with Gasteiger partial charge in [0.2, 0.25) is 17.7 Å². The zero-order valence-corrected chi connectivity index (χ0v) is 35.6. The molecule has 0 aromatic heterocycles. The van der Waals surface area contributed by atoms with Gasteiger partial charge in [0.05, 0.1) is 11.8 Å². The van der Waals surface area contributed by atoms with Gasteiger partial charge in [0.1, 0.15) is 36.1 Å². The van der Waals surface area contributed by atoms with Crippen LogP contribution in [0, 0.1) is 11.8 Å². The van der Waals surface area contributed by atoms with Gasteiger partial charge in [0.15, 0.2) is 6.17 Å². The highest BCUT2D eigenvalue weighted by molar-refractivity contribution is 6.47. The van der Waals surface area contributed by atoms with Crippen LogP contribution in [0.2, 0.25) is 0 Å². The van der Waals surface area contributed by atoms with Crippen LogP contribution in [0.4, 0.5) is 0 Å². The van der Waals surface area contributed by atoms with Crippen LogP contribution >= 0.6 is 0 Å². The average Bonchev–Trinajstić information content (AvgIpc) is 3.63. The summed E-state index contributed by atoms with van der Waals surface area (Å²) < 4.78 is 12.0. The number of carbonyl (C=O) groups excluding carboxylic acids is 5. The Labute approximate surface area is 366 Å². The molecule has 346 valence electrons. The van der Waals surface area contributed by atoms with Crippen LogP contribution in [0.25, 0.3) is 11.1 Å². The monoisotopic (exact) mass is 881 g/mol. The van der Waals surface area contributed by atoms with Gasteiger partial charge in [-0.3, -0.25) is 24.0 Å². The molecule has 23 N–H and O–H groups in total. The summed E-state index contributed by atoms with van der Waals surface area (Å²) in [6.07, 6.45) is -0.251. The Morgan fingerprint density at radius 2 is 1.38 bits per heavy atom. The summed E-state index contributed by atoms with van der Waals surface area (Å²) in [5.41, 5.74) is 49.4. The second-order valence-corrected chi connectivity index (χ2v) is 16.6. The van der Waals surface area contributed by atoms with Crippen molar-refractivity contribution in [1.29, 1.82) is 0 Å². The van der Waals surface area contributed by atoms with Crippen molar-refractivity contribution < 1.29 is 38.4 Å². The molecule has 2 bridgehead atoms. The highest BCUT2D eigenvalue weighted by Crippen LogP contribution is 2.56. The molecule has 1 aliphatic heterocycles. The van der Waals surface area contributed by atoms with Crippen molar-refractivity contribution in [2.24, 2.45) is 57.7 Å². The number of unbranched alkanes of at least 4 members (excludes halogenated alkanes) is 1. The highest BCUT2D eigenvalue weighted by Gasteiger charge is 2.70. The maximum Gasteiger partial charge on any atom is 0.498 e. The molecule has 4 fully saturated rings. The lowest BCUT2D eigenvalue weighted by atomic mass is 9.53. The van der Waals surface area contributed by atoms with Crippen LogP contribution in [0.3, 0.4) is 0 Å². The minimum Gasteiger partial charge on any atom is -0.402 e. The first-order valence-corrected chi connectivity index (χ1v) is 21.3. The Hall–Kier alpha value is -4.63. The summed E-state index contributed by atoms with van der Waals surface area (Å²) in [6, 6.07) is 9.46. The van der Waals surface area contributed by atoms with Gasteiger partial charge in [-0.15, -0.1) is 0 Å². The Balaban J connectivity index is 1.16. The van der Waals surface area contributed by atoms with Gasteiger partial charge in [-0.1, -0.05) is 36.4 Å². The molecule has 3 aliphatic carbocycles. The molecular formula is C40H65BN14O8. The normalized spacial score (nSPS) is 23.7. The first kappa shape index (κ1) is 49.4. The van der Waals surface area contributed by atoms with Crippen molar-refractivity contribution in [3.05, 3.63) is 59.7 Å². The molecule has 0 spiro atoms. The van der Waals surface area contributed by atoms with Crippen molar-refractivity contribution in [2.45, 2.75) is 105 Å². The summed E-state index contributed by atoms with van der Waals surface area (Å²) in [6.45, 7) is 1.22. The number of hydrogen-bond donors (Lipinski definition) is 15. The maximum atomic E-state index is 13.5. The van der Waals surface area contributed by atoms with Crippen LogP contribution in [0.1, 0.15) is 60.9 Å². The molecule has 1 heterocycles. The van der Waals surface area contributed by atoms with Gasteiger partial charge in [-0.25, -0.2) is 0 Å². The fourth-order valence-corrected chi connectivity index (χ4v) is 8.24. The number of aliphatic hydroxyl groups is 1. The van der Waals surface area contributed by atoms with Gasteiger partial charge < -0.3 is 92.2 Å². The van der Waals surface area contributed by atoms with Crippen molar-refractivity contribution >= 4 is 36.7 Å². The SMILES string of the molecule is CNCCC(NC(=O)c1ccc(-c2ccc(CCCN)cc2)cc1)C(=O)NC(C(=O)NC(N)C(=O)NC(CCCCN)C(=O)NC(N)B1OC2CC3CC(C3(N)N)C2(N)O1)C(N)O. The second kappa shape index (κ2) is 21.8. The fraction of sp³-hybridized carbons (Fsp3) is 0.575. The number of carbonyl (C=O) groups is 5. The van der Waals surface area contributed by atoms with E-state index in [0.29, 0.717) is 38.8 Å². The molecule has 0 radical (unpaired) electrons. The summed E-state index contributed by atoms with van der Waals surface area (Å²) in [5, 5.41) is 25.6. The minimum absolute atomic E-state index is 0.00576. The van der Waals surface area contributed by atoms with Crippen LogP contribution < -0.4 is 77.8 Å². The molecular weight excluding hydrogens is 815 g/mol. The zero-order valence-electron chi connectivity index (χ0n) is 35.6. The third-order valence-corrected chi connectivity index (χ3v) is 12.1. The van der Waals surface area contributed by atoms with Gasteiger partial charge in [-0.05, 0) is 113 Å². The van der Waals surface area contributed by atoms with Gasteiger partial charge in [0, 0.05) is 11.5 Å². The number of rotatable bonds is 23. The molecule has 10 atom stereocenters. The van der Waals surface area contributed by atoms with Gasteiger partial charge >= 0.3 is 7.12 Å². The van der Waals surface area contributed by atoms with Crippen molar-refractivity contribution in [3.63, 3.8) is 0 Å². The third kappa shape index (κ3) is 11.9. The molecule has 1 saturated heterocycles. The number of benzene rings is 2. The molecule has 3 saturated carbocycles. The number of nitrogens with two attached hydrogens (primary N) is 8. The number of nitrogens with one attached hydrogen (secondary N) is 6. The molecule has 6 rings (SSSR count). The first-order valence-electron chi connectivity index (χ1n) is 21.3. The van der Waals surface area contributed by atoms with E-state index in [4.69, 9.17) is 55.2 Å². The standard InChI is InChI=1S/C40H65BN14O8/c1-50-18-15-27(51-33(57)24-13-11-23(12-14-24)22-9-7-21(8-10-22)5-4-17-43)34(58)53-30(32(45)56)36(60)54-31(44)37(61)52-26(6-2-3-16-42)35(59)55-38(46)41-62-29-20-25-19-28(39(25,47)48)40(29,49)63-41/h7-14,25-32,38,50,56H,2-6,15-20,42-49H2,1H3,(H,51,57)(H,52,61)(H,53,58)(H,54,60)(H,55,59). The first-order chi connectivity index (χ1) is 29.9. The predicted octanol–water partition coefficient (Wildman–Crippen LogP) is -5.12. The van der Waals surface area contributed by atoms with Crippen molar-refractivity contribution in [3.8, 4) is 11.1 Å². The Morgan fingerprint density at radius 1 is 0.762 bits per heavy atom. The molecule has 63 heavy (non-hydrogen) atoms. The molecule has 10 unspecified atom stereocenters. The molecule has 23 heteroatoms. The molecule has 2 aromatic carbocycles. The Bertz CT molecular complexity index is 1900. The van der Waals surface area contributed by atoms with E-state index in [9.17, 15) is 29.1 Å². The molecule has 4 aliphatic rings. The van der Waals surface area contributed by atoms with E-state index >= 15 is 0 Å². The smallest absolute Gasteiger partial charge is 0.402 e. The van der Waals surface area contributed by atoms with E-state index in [0.717, 1.165) is 24.0 Å².